The number of hydrogen-bond donors (Lipinski definition) is 1. The summed E-state index contributed by atoms with van der Waals surface area (Å²) in [6.45, 7) is 2.17. The van der Waals surface area contributed by atoms with Gasteiger partial charge in [0, 0.05) is 0 Å². The number of ether oxygens (including phenoxy) is 2. The molecular formula is C15H24O3. The zero-order chi connectivity index (χ0) is 13.4. The summed E-state index contributed by atoms with van der Waals surface area (Å²) in [5.41, 5.74) is 1.08. The monoisotopic (exact) mass is 252 g/mol. The van der Waals surface area contributed by atoms with Crippen LogP contribution in [-0.2, 0) is 6.42 Å². The van der Waals surface area contributed by atoms with Gasteiger partial charge in [-0.15, -0.1) is 0 Å². The maximum absolute atomic E-state index is 9.95. The number of unbranched alkanes of at least 4 members (excludes halogenated alkanes) is 2. The Balaban J connectivity index is 2.56. The number of rotatable bonds is 8. The Hall–Kier alpha value is -1.22. The van der Waals surface area contributed by atoms with E-state index in [2.05, 4.69) is 6.92 Å². The van der Waals surface area contributed by atoms with Crippen molar-refractivity contribution < 1.29 is 14.6 Å². The summed E-state index contributed by atoms with van der Waals surface area (Å²) in [6.07, 6.45) is 4.72. The van der Waals surface area contributed by atoms with E-state index in [-0.39, 0.29) is 6.10 Å². The van der Waals surface area contributed by atoms with Gasteiger partial charge in [-0.3, -0.25) is 0 Å². The van der Waals surface area contributed by atoms with Crippen molar-refractivity contribution in [3.8, 4) is 11.5 Å². The molecule has 0 bridgehead atoms. The third-order valence-electron chi connectivity index (χ3n) is 3.06. The maximum Gasteiger partial charge on any atom is 0.160 e. The second-order valence-corrected chi connectivity index (χ2v) is 4.54. The van der Waals surface area contributed by atoms with Crippen LogP contribution < -0.4 is 9.47 Å². The van der Waals surface area contributed by atoms with Crippen molar-refractivity contribution in [1.29, 1.82) is 0 Å². The molecule has 0 heterocycles. The van der Waals surface area contributed by atoms with Gasteiger partial charge in [-0.05, 0) is 30.5 Å². The molecule has 0 radical (unpaired) electrons. The minimum Gasteiger partial charge on any atom is -0.493 e. The molecule has 1 N–H and O–H groups in total. The summed E-state index contributed by atoms with van der Waals surface area (Å²) in [6, 6.07) is 5.79. The van der Waals surface area contributed by atoms with Gasteiger partial charge in [0.05, 0.1) is 20.3 Å². The molecule has 1 atom stereocenters. The van der Waals surface area contributed by atoms with Crippen LogP contribution in [-0.4, -0.2) is 25.4 Å². The molecule has 0 aromatic heterocycles. The van der Waals surface area contributed by atoms with Crippen LogP contribution in [0.3, 0.4) is 0 Å². The summed E-state index contributed by atoms with van der Waals surface area (Å²) in [4.78, 5) is 0. The quantitative estimate of drug-likeness (QED) is 0.722. The topological polar surface area (TPSA) is 38.7 Å². The molecule has 0 aliphatic rings. The lowest BCUT2D eigenvalue weighted by Crippen LogP contribution is -2.10. The highest BCUT2D eigenvalue weighted by Gasteiger charge is 2.09. The van der Waals surface area contributed by atoms with Gasteiger partial charge in [0.1, 0.15) is 0 Å². The molecule has 3 heteroatoms. The SMILES string of the molecule is CCCCCC(O)Cc1ccc(OC)c(OC)c1. The van der Waals surface area contributed by atoms with Gasteiger partial charge in [0.25, 0.3) is 0 Å². The predicted molar refractivity (Wildman–Crippen MR) is 73.4 cm³/mol. The summed E-state index contributed by atoms with van der Waals surface area (Å²) >= 11 is 0. The molecule has 0 spiro atoms. The first kappa shape index (κ1) is 14.8. The van der Waals surface area contributed by atoms with Gasteiger partial charge in [0.2, 0.25) is 0 Å². The van der Waals surface area contributed by atoms with E-state index in [4.69, 9.17) is 9.47 Å². The van der Waals surface area contributed by atoms with E-state index >= 15 is 0 Å². The van der Waals surface area contributed by atoms with Crippen molar-refractivity contribution in [1.82, 2.24) is 0 Å². The Morgan fingerprint density at radius 3 is 2.44 bits per heavy atom. The van der Waals surface area contributed by atoms with Crippen LogP contribution in [0.4, 0.5) is 0 Å². The third-order valence-corrected chi connectivity index (χ3v) is 3.06. The number of aliphatic hydroxyl groups excluding tert-OH is 1. The number of methoxy groups -OCH3 is 2. The molecule has 0 saturated carbocycles. The van der Waals surface area contributed by atoms with Gasteiger partial charge in [-0.2, -0.15) is 0 Å². The first-order chi connectivity index (χ1) is 8.71. The molecule has 102 valence electrons. The fourth-order valence-corrected chi connectivity index (χ4v) is 2.01. The minimum absolute atomic E-state index is 0.269. The Morgan fingerprint density at radius 2 is 1.83 bits per heavy atom. The van der Waals surface area contributed by atoms with Gasteiger partial charge < -0.3 is 14.6 Å². The van der Waals surface area contributed by atoms with Crippen LogP contribution in [0.1, 0.15) is 38.2 Å². The smallest absolute Gasteiger partial charge is 0.160 e. The second-order valence-electron chi connectivity index (χ2n) is 4.54. The highest BCUT2D eigenvalue weighted by atomic mass is 16.5. The lowest BCUT2D eigenvalue weighted by Gasteiger charge is -2.13. The van der Waals surface area contributed by atoms with Crippen LogP contribution in [0.15, 0.2) is 18.2 Å². The lowest BCUT2D eigenvalue weighted by molar-refractivity contribution is 0.161. The molecule has 0 aliphatic carbocycles. The Bertz CT molecular complexity index is 350. The number of hydrogen-bond acceptors (Lipinski definition) is 3. The molecule has 3 nitrogen and oxygen atoms in total. The van der Waals surface area contributed by atoms with Crippen molar-refractivity contribution in [2.24, 2.45) is 0 Å². The molecule has 0 fully saturated rings. The number of benzene rings is 1. The van der Waals surface area contributed by atoms with E-state index in [1.54, 1.807) is 14.2 Å². The Labute approximate surface area is 110 Å². The summed E-state index contributed by atoms with van der Waals surface area (Å²) < 4.78 is 10.4. The maximum atomic E-state index is 9.95. The molecule has 1 unspecified atom stereocenters. The fraction of sp³-hybridized carbons (Fsp3) is 0.600. The molecule has 1 aromatic rings. The van der Waals surface area contributed by atoms with Crippen molar-refractivity contribution in [2.45, 2.75) is 45.1 Å². The van der Waals surface area contributed by atoms with Crippen LogP contribution in [0, 0.1) is 0 Å². The standard InChI is InChI=1S/C15H24O3/c1-4-5-6-7-13(16)10-12-8-9-14(17-2)15(11-12)18-3/h8-9,11,13,16H,4-7,10H2,1-3H3. The zero-order valence-electron chi connectivity index (χ0n) is 11.6. The Morgan fingerprint density at radius 1 is 1.11 bits per heavy atom. The normalized spacial score (nSPS) is 12.2. The molecule has 0 amide bonds. The van der Waals surface area contributed by atoms with Crippen LogP contribution in [0.2, 0.25) is 0 Å². The van der Waals surface area contributed by atoms with E-state index in [9.17, 15) is 5.11 Å². The highest BCUT2D eigenvalue weighted by molar-refractivity contribution is 5.43. The predicted octanol–water partition coefficient (Wildman–Crippen LogP) is 3.19. The molecule has 0 aliphatic heterocycles. The lowest BCUT2D eigenvalue weighted by atomic mass is 10.0. The zero-order valence-corrected chi connectivity index (χ0v) is 11.6. The summed E-state index contributed by atoms with van der Waals surface area (Å²) in [7, 11) is 3.25. The first-order valence-corrected chi connectivity index (χ1v) is 6.60. The van der Waals surface area contributed by atoms with Gasteiger partial charge in [0.15, 0.2) is 11.5 Å². The van der Waals surface area contributed by atoms with E-state index < -0.39 is 0 Å². The van der Waals surface area contributed by atoms with E-state index in [1.807, 2.05) is 18.2 Å². The first-order valence-electron chi connectivity index (χ1n) is 6.60. The largest absolute Gasteiger partial charge is 0.493 e. The van der Waals surface area contributed by atoms with Crippen molar-refractivity contribution in [2.75, 3.05) is 14.2 Å². The molecule has 1 rings (SSSR count). The summed E-state index contributed by atoms with van der Waals surface area (Å²) in [5, 5.41) is 9.95. The average molecular weight is 252 g/mol. The third kappa shape index (κ3) is 4.57. The van der Waals surface area contributed by atoms with Gasteiger partial charge in [-0.1, -0.05) is 32.3 Å². The fourth-order valence-electron chi connectivity index (χ4n) is 2.01. The number of aliphatic hydroxyl groups is 1. The second kappa shape index (κ2) is 7.98. The van der Waals surface area contributed by atoms with Crippen LogP contribution in [0.25, 0.3) is 0 Å². The molecule has 18 heavy (non-hydrogen) atoms. The van der Waals surface area contributed by atoms with E-state index in [1.165, 1.54) is 12.8 Å². The minimum atomic E-state index is -0.269. The average Bonchev–Trinajstić information content (AvgIpc) is 2.39. The van der Waals surface area contributed by atoms with Crippen LogP contribution >= 0.6 is 0 Å². The van der Waals surface area contributed by atoms with Gasteiger partial charge >= 0.3 is 0 Å². The van der Waals surface area contributed by atoms with Crippen molar-refractivity contribution in [3.63, 3.8) is 0 Å². The van der Waals surface area contributed by atoms with Crippen molar-refractivity contribution in [3.05, 3.63) is 23.8 Å². The Kier molecular flexibility index (Phi) is 6.58. The molecular weight excluding hydrogens is 228 g/mol. The van der Waals surface area contributed by atoms with Crippen LogP contribution in [0.5, 0.6) is 11.5 Å². The highest BCUT2D eigenvalue weighted by Crippen LogP contribution is 2.28. The van der Waals surface area contributed by atoms with Gasteiger partial charge in [-0.25, -0.2) is 0 Å². The molecule has 1 aromatic carbocycles. The summed E-state index contributed by atoms with van der Waals surface area (Å²) in [5.74, 6) is 1.44. The molecule has 0 saturated heterocycles. The van der Waals surface area contributed by atoms with Crippen molar-refractivity contribution >= 4 is 0 Å². The van der Waals surface area contributed by atoms with E-state index in [0.29, 0.717) is 6.42 Å². The van der Waals surface area contributed by atoms with E-state index in [0.717, 1.165) is 29.9 Å².